The number of amides is 1. The minimum atomic E-state index is -0.481. The van der Waals surface area contributed by atoms with Crippen molar-refractivity contribution in [1.29, 1.82) is 0 Å². The van der Waals surface area contributed by atoms with Crippen molar-refractivity contribution in [2.45, 2.75) is 19.4 Å². The van der Waals surface area contributed by atoms with Crippen LogP contribution in [0.3, 0.4) is 0 Å². The van der Waals surface area contributed by atoms with Crippen molar-refractivity contribution in [3.05, 3.63) is 62.8 Å². The number of pyridine rings is 1. The van der Waals surface area contributed by atoms with Gasteiger partial charge in [-0.15, -0.1) is 0 Å². The first-order valence-electron chi connectivity index (χ1n) is 7.94. The van der Waals surface area contributed by atoms with Gasteiger partial charge in [0.15, 0.2) is 0 Å². The van der Waals surface area contributed by atoms with E-state index < -0.39 is 5.82 Å². The molecule has 1 atom stereocenters. The van der Waals surface area contributed by atoms with Crippen LogP contribution in [0.4, 0.5) is 4.39 Å². The van der Waals surface area contributed by atoms with Crippen LogP contribution in [0.25, 0.3) is 0 Å². The molecule has 0 spiro atoms. The fraction of sp³-hybridized carbons (Fsp3) is 0.333. The van der Waals surface area contributed by atoms with E-state index in [1.165, 1.54) is 22.8 Å². The predicted molar refractivity (Wildman–Crippen MR) is 92.8 cm³/mol. The Kier molecular flexibility index (Phi) is 4.81. The molecule has 25 heavy (non-hydrogen) atoms. The fourth-order valence-electron chi connectivity index (χ4n) is 2.84. The number of hydrogen-bond donors (Lipinski definition) is 0. The number of aromatic nitrogens is 1. The molecule has 132 valence electrons. The van der Waals surface area contributed by atoms with Gasteiger partial charge in [0.05, 0.1) is 17.1 Å². The molecular formula is C18H18ClFN2O3. The maximum Gasteiger partial charge on any atom is 0.255 e. The van der Waals surface area contributed by atoms with Crippen LogP contribution in [0.15, 0.2) is 35.1 Å². The molecule has 1 saturated heterocycles. The number of nitrogens with zero attached hydrogens (tertiary/aromatic N) is 2. The van der Waals surface area contributed by atoms with E-state index in [4.69, 9.17) is 16.3 Å². The highest BCUT2D eigenvalue weighted by Crippen LogP contribution is 2.23. The summed E-state index contributed by atoms with van der Waals surface area (Å²) in [6.07, 6.45) is 0.452. The second-order valence-corrected chi connectivity index (χ2v) is 6.54. The average Bonchev–Trinajstić information content (AvgIpc) is 3.00. The molecule has 1 amide bonds. The van der Waals surface area contributed by atoms with E-state index in [0.717, 1.165) is 11.8 Å². The van der Waals surface area contributed by atoms with Gasteiger partial charge >= 0.3 is 0 Å². The van der Waals surface area contributed by atoms with Crippen LogP contribution in [0.1, 0.15) is 22.5 Å². The number of aryl methyl sites for hydroxylation is 1. The number of hydrogen-bond acceptors (Lipinski definition) is 3. The molecule has 0 bridgehead atoms. The van der Waals surface area contributed by atoms with Gasteiger partial charge in [-0.1, -0.05) is 11.6 Å². The summed E-state index contributed by atoms with van der Waals surface area (Å²) in [6, 6.07) is 6.96. The van der Waals surface area contributed by atoms with Crippen LogP contribution in [-0.4, -0.2) is 34.6 Å². The molecule has 1 fully saturated rings. The molecule has 0 saturated carbocycles. The first-order valence-corrected chi connectivity index (χ1v) is 8.31. The molecule has 7 heteroatoms. The summed E-state index contributed by atoms with van der Waals surface area (Å²) < 4.78 is 20.5. The Morgan fingerprint density at radius 1 is 1.32 bits per heavy atom. The fourth-order valence-corrected chi connectivity index (χ4v) is 3.09. The second kappa shape index (κ2) is 6.88. The Bertz CT molecular complexity index is 881. The van der Waals surface area contributed by atoms with Crippen molar-refractivity contribution in [3.8, 4) is 5.75 Å². The first kappa shape index (κ1) is 17.5. The molecule has 1 aromatic heterocycles. The number of carbonyl (C=O) groups excluding carboxylic acids is 1. The largest absolute Gasteiger partial charge is 0.488 e. The highest BCUT2D eigenvalue weighted by Gasteiger charge is 2.29. The number of ether oxygens (including phenoxy) is 1. The molecule has 1 unspecified atom stereocenters. The van der Waals surface area contributed by atoms with E-state index in [-0.39, 0.29) is 28.2 Å². The van der Waals surface area contributed by atoms with Crippen LogP contribution in [0.5, 0.6) is 5.75 Å². The topological polar surface area (TPSA) is 51.5 Å². The summed E-state index contributed by atoms with van der Waals surface area (Å²) in [5.41, 5.74) is 0.929. The lowest BCUT2D eigenvalue weighted by molar-refractivity contribution is 0.0772. The summed E-state index contributed by atoms with van der Waals surface area (Å²) in [5, 5.41) is 0.0940. The highest BCUT2D eigenvalue weighted by atomic mass is 35.5. The number of carbonyl (C=O) groups is 1. The zero-order valence-corrected chi connectivity index (χ0v) is 14.7. The molecule has 2 aromatic rings. The summed E-state index contributed by atoms with van der Waals surface area (Å²) in [7, 11) is 1.70. The summed E-state index contributed by atoms with van der Waals surface area (Å²) >= 11 is 5.96. The van der Waals surface area contributed by atoms with E-state index in [1.54, 1.807) is 18.0 Å². The van der Waals surface area contributed by atoms with Crippen molar-refractivity contribution in [1.82, 2.24) is 9.47 Å². The third-order valence-electron chi connectivity index (χ3n) is 4.37. The molecule has 3 rings (SSSR count). The van der Waals surface area contributed by atoms with Crippen LogP contribution in [-0.2, 0) is 7.05 Å². The molecule has 1 aliphatic heterocycles. The van der Waals surface area contributed by atoms with E-state index in [0.29, 0.717) is 25.3 Å². The van der Waals surface area contributed by atoms with Gasteiger partial charge in [-0.3, -0.25) is 9.59 Å². The van der Waals surface area contributed by atoms with Crippen LogP contribution >= 0.6 is 11.6 Å². The lowest BCUT2D eigenvalue weighted by Gasteiger charge is -2.18. The van der Waals surface area contributed by atoms with Gasteiger partial charge in [-0.2, -0.15) is 0 Å². The van der Waals surface area contributed by atoms with Gasteiger partial charge in [-0.25, -0.2) is 4.39 Å². The summed E-state index contributed by atoms with van der Waals surface area (Å²) in [5.74, 6) is -0.235. The van der Waals surface area contributed by atoms with Gasteiger partial charge < -0.3 is 14.2 Å². The Labute approximate surface area is 149 Å². The highest BCUT2D eigenvalue weighted by molar-refractivity contribution is 6.33. The maximum atomic E-state index is 13.1. The summed E-state index contributed by atoms with van der Waals surface area (Å²) in [6.45, 7) is 2.73. The number of benzene rings is 1. The maximum absolute atomic E-state index is 13.1. The zero-order valence-electron chi connectivity index (χ0n) is 14.0. The third-order valence-corrected chi connectivity index (χ3v) is 4.69. The number of likely N-dealkylation sites (tertiary alicyclic amines) is 1. The first-order chi connectivity index (χ1) is 11.8. The van der Waals surface area contributed by atoms with Gasteiger partial charge in [0, 0.05) is 31.8 Å². The van der Waals surface area contributed by atoms with E-state index >= 15 is 0 Å². The average molecular weight is 365 g/mol. The van der Waals surface area contributed by atoms with E-state index in [9.17, 15) is 14.0 Å². The quantitative estimate of drug-likeness (QED) is 0.841. The lowest BCUT2D eigenvalue weighted by atomic mass is 10.2. The van der Waals surface area contributed by atoms with Crippen molar-refractivity contribution < 1.29 is 13.9 Å². The molecule has 2 heterocycles. The monoisotopic (exact) mass is 364 g/mol. The number of halogens is 2. The Hall–Kier alpha value is -2.34. The van der Waals surface area contributed by atoms with Gasteiger partial charge in [0.2, 0.25) is 0 Å². The molecule has 5 nitrogen and oxygen atoms in total. The Morgan fingerprint density at radius 3 is 2.76 bits per heavy atom. The van der Waals surface area contributed by atoms with Crippen LogP contribution < -0.4 is 10.3 Å². The molecule has 1 aliphatic rings. The van der Waals surface area contributed by atoms with Crippen molar-refractivity contribution in [2.75, 3.05) is 13.1 Å². The zero-order chi connectivity index (χ0) is 18.1. The predicted octanol–water partition coefficient (Wildman–Crippen LogP) is 2.78. The molecule has 1 aromatic carbocycles. The normalized spacial score (nSPS) is 17.0. The van der Waals surface area contributed by atoms with Gasteiger partial charge in [0.1, 0.15) is 17.7 Å². The number of rotatable bonds is 3. The minimum absolute atomic E-state index is 0.0940. The van der Waals surface area contributed by atoms with Gasteiger partial charge in [-0.05, 0) is 31.2 Å². The summed E-state index contributed by atoms with van der Waals surface area (Å²) in [4.78, 5) is 26.0. The van der Waals surface area contributed by atoms with E-state index in [1.807, 2.05) is 6.92 Å². The molecule has 0 aliphatic carbocycles. The third kappa shape index (κ3) is 3.69. The van der Waals surface area contributed by atoms with Crippen molar-refractivity contribution >= 4 is 17.5 Å². The van der Waals surface area contributed by atoms with Crippen molar-refractivity contribution in [2.24, 2.45) is 7.05 Å². The van der Waals surface area contributed by atoms with Crippen LogP contribution in [0, 0.1) is 12.7 Å². The Morgan fingerprint density at radius 2 is 2.08 bits per heavy atom. The molecule has 0 radical (unpaired) electrons. The standard InChI is InChI=1S/C18H18ClFN2O3/c1-11-7-14(9-17(23)21(11)2)25-13-5-6-22(10-13)18(24)15-4-3-12(20)8-16(15)19/h3-4,7-9,13H,5-6,10H2,1-2H3. The smallest absolute Gasteiger partial charge is 0.255 e. The SMILES string of the molecule is Cc1cc(OC2CCN(C(=O)c3ccc(F)cc3Cl)C2)cc(=O)n1C. The second-order valence-electron chi connectivity index (χ2n) is 6.13. The molecular weight excluding hydrogens is 347 g/mol. The van der Waals surface area contributed by atoms with E-state index in [2.05, 4.69) is 0 Å². The Balaban J connectivity index is 1.69. The van der Waals surface area contributed by atoms with Crippen LogP contribution in [0.2, 0.25) is 5.02 Å². The molecule has 0 N–H and O–H groups in total. The lowest BCUT2D eigenvalue weighted by Crippen LogP contribution is -2.31. The van der Waals surface area contributed by atoms with Gasteiger partial charge in [0.25, 0.3) is 11.5 Å². The minimum Gasteiger partial charge on any atom is -0.488 e. The van der Waals surface area contributed by atoms with Crippen molar-refractivity contribution in [3.63, 3.8) is 0 Å².